The zero-order valence-electron chi connectivity index (χ0n) is 11.1. The Balaban J connectivity index is 1.96. The first-order valence-corrected chi connectivity index (χ1v) is 6.23. The Bertz CT molecular complexity index is 716. The fraction of sp³-hybridized carbons (Fsp3) is 0.385. The summed E-state index contributed by atoms with van der Waals surface area (Å²) in [6.07, 6.45) is 0. The van der Waals surface area contributed by atoms with Gasteiger partial charge in [0.2, 0.25) is 0 Å². The number of likely N-dealkylation sites (tertiary alicyclic amines) is 1. The SMILES string of the molecule is Cc1cc(C(=O)N2CC(C(=O)O)C2)c2c(C)noc2n1. The first kappa shape index (κ1) is 12.6. The molecule has 0 radical (unpaired) electrons. The van der Waals surface area contributed by atoms with Crippen LogP contribution in [0.5, 0.6) is 0 Å². The molecule has 0 spiro atoms. The predicted molar refractivity (Wildman–Crippen MR) is 68.3 cm³/mol. The maximum Gasteiger partial charge on any atom is 0.310 e. The molecular weight excluding hydrogens is 262 g/mol. The molecule has 1 N–H and O–H groups in total. The van der Waals surface area contributed by atoms with Crippen molar-refractivity contribution in [3.8, 4) is 0 Å². The Morgan fingerprint density at radius 3 is 2.75 bits per heavy atom. The smallest absolute Gasteiger partial charge is 0.310 e. The summed E-state index contributed by atoms with van der Waals surface area (Å²) < 4.78 is 5.09. The second-order valence-corrected chi connectivity index (χ2v) is 5.00. The number of carbonyl (C=O) groups is 2. The number of aliphatic carboxylic acids is 1. The van der Waals surface area contributed by atoms with Gasteiger partial charge in [-0.3, -0.25) is 9.59 Å². The number of carboxylic acids is 1. The van der Waals surface area contributed by atoms with E-state index in [0.29, 0.717) is 28.1 Å². The average molecular weight is 275 g/mol. The van der Waals surface area contributed by atoms with Crippen LogP contribution < -0.4 is 0 Å². The molecule has 0 aromatic carbocycles. The maximum absolute atomic E-state index is 12.4. The van der Waals surface area contributed by atoms with E-state index in [1.54, 1.807) is 19.9 Å². The van der Waals surface area contributed by atoms with Crippen LogP contribution in [-0.2, 0) is 4.79 Å². The van der Waals surface area contributed by atoms with Crippen molar-refractivity contribution in [3.05, 3.63) is 23.0 Å². The van der Waals surface area contributed by atoms with Crippen molar-refractivity contribution in [1.82, 2.24) is 15.0 Å². The molecule has 2 aromatic heterocycles. The van der Waals surface area contributed by atoms with Gasteiger partial charge < -0.3 is 14.5 Å². The molecule has 0 atom stereocenters. The second kappa shape index (κ2) is 4.29. The summed E-state index contributed by atoms with van der Waals surface area (Å²) in [5.41, 5.74) is 2.06. The number of amides is 1. The molecule has 3 heterocycles. The fourth-order valence-electron chi connectivity index (χ4n) is 2.36. The summed E-state index contributed by atoms with van der Waals surface area (Å²) in [5, 5.41) is 13.3. The van der Waals surface area contributed by atoms with Gasteiger partial charge in [0.05, 0.1) is 22.6 Å². The van der Waals surface area contributed by atoms with Gasteiger partial charge in [0, 0.05) is 18.8 Å². The predicted octanol–water partition coefficient (Wildman–Crippen LogP) is 0.996. The highest BCUT2D eigenvalue weighted by Crippen LogP contribution is 2.26. The topological polar surface area (TPSA) is 96.5 Å². The van der Waals surface area contributed by atoms with Gasteiger partial charge in [-0.25, -0.2) is 4.98 Å². The molecule has 20 heavy (non-hydrogen) atoms. The van der Waals surface area contributed by atoms with Crippen molar-refractivity contribution in [2.75, 3.05) is 13.1 Å². The Morgan fingerprint density at radius 2 is 2.10 bits per heavy atom. The molecule has 2 aromatic rings. The van der Waals surface area contributed by atoms with Crippen LogP contribution in [0.15, 0.2) is 10.6 Å². The van der Waals surface area contributed by atoms with E-state index in [4.69, 9.17) is 9.63 Å². The van der Waals surface area contributed by atoms with Crippen LogP contribution in [0.1, 0.15) is 21.7 Å². The number of carboxylic acid groups (broad SMARTS) is 1. The standard InChI is InChI=1S/C13H13N3O4/c1-6-3-9(10-7(2)15-20-11(10)14-6)12(17)16-4-8(5-16)13(18)19/h3,8H,4-5H2,1-2H3,(H,18,19). The van der Waals surface area contributed by atoms with Gasteiger partial charge in [0.1, 0.15) is 0 Å². The molecule has 3 rings (SSSR count). The third-order valence-electron chi connectivity index (χ3n) is 3.49. The molecule has 7 nitrogen and oxygen atoms in total. The lowest BCUT2D eigenvalue weighted by Crippen LogP contribution is -2.53. The highest BCUT2D eigenvalue weighted by Gasteiger charge is 2.37. The summed E-state index contributed by atoms with van der Waals surface area (Å²) in [5.74, 6) is -1.54. The Kier molecular flexibility index (Phi) is 2.70. The van der Waals surface area contributed by atoms with E-state index >= 15 is 0 Å². The molecule has 1 fully saturated rings. The van der Waals surface area contributed by atoms with Crippen molar-refractivity contribution in [2.45, 2.75) is 13.8 Å². The highest BCUT2D eigenvalue weighted by molar-refractivity contribution is 6.06. The number of hydrogen-bond acceptors (Lipinski definition) is 5. The molecule has 1 aliphatic rings. The summed E-state index contributed by atoms with van der Waals surface area (Å²) in [4.78, 5) is 28.9. The number of aromatic nitrogens is 2. The molecule has 1 aliphatic heterocycles. The van der Waals surface area contributed by atoms with Gasteiger partial charge in [0.25, 0.3) is 11.6 Å². The number of carbonyl (C=O) groups excluding carboxylic acids is 1. The molecule has 0 aliphatic carbocycles. The van der Waals surface area contributed by atoms with Crippen LogP contribution in [0.2, 0.25) is 0 Å². The molecule has 104 valence electrons. The van der Waals surface area contributed by atoms with Crippen LogP contribution in [0.3, 0.4) is 0 Å². The Labute approximate surface area is 114 Å². The molecule has 1 amide bonds. The number of hydrogen-bond donors (Lipinski definition) is 1. The largest absolute Gasteiger partial charge is 0.481 e. The molecular formula is C13H13N3O4. The monoisotopic (exact) mass is 275 g/mol. The van der Waals surface area contributed by atoms with Crippen molar-refractivity contribution in [3.63, 3.8) is 0 Å². The number of rotatable bonds is 2. The van der Waals surface area contributed by atoms with E-state index < -0.39 is 11.9 Å². The minimum Gasteiger partial charge on any atom is -0.481 e. The maximum atomic E-state index is 12.4. The minimum atomic E-state index is -0.869. The Hall–Kier alpha value is -2.44. The first-order valence-electron chi connectivity index (χ1n) is 6.23. The summed E-state index contributed by atoms with van der Waals surface area (Å²) in [7, 11) is 0. The molecule has 0 unspecified atom stereocenters. The number of aryl methyl sites for hydroxylation is 2. The fourth-order valence-corrected chi connectivity index (χ4v) is 2.36. The lowest BCUT2D eigenvalue weighted by Gasteiger charge is -2.36. The Morgan fingerprint density at radius 1 is 1.40 bits per heavy atom. The van der Waals surface area contributed by atoms with Crippen molar-refractivity contribution >= 4 is 23.0 Å². The van der Waals surface area contributed by atoms with Gasteiger partial charge >= 0.3 is 5.97 Å². The average Bonchev–Trinajstić information content (AvgIpc) is 2.67. The normalized spacial score (nSPS) is 15.4. The molecule has 1 saturated heterocycles. The lowest BCUT2D eigenvalue weighted by molar-refractivity contribution is -0.146. The molecule has 0 bridgehead atoms. The summed E-state index contributed by atoms with van der Waals surface area (Å²) >= 11 is 0. The zero-order valence-corrected chi connectivity index (χ0v) is 11.1. The molecule has 7 heteroatoms. The van der Waals surface area contributed by atoms with Crippen molar-refractivity contribution < 1.29 is 19.2 Å². The third kappa shape index (κ3) is 1.82. The van der Waals surface area contributed by atoms with Gasteiger partial charge in [-0.05, 0) is 19.9 Å². The highest BCUT2D eigenvalue weighted by atomic mass is 16.5. The van der Waals surface area contributed by atoms with Crippen LogP contribution in [-0.4, -0.2) is 45.1 Å². The lowest BCUT2D eigenvalue weighted by atomic mass is 9.98. The zero-order chi connectivity index (χ0) is 14.4. The van der Waals surface area contributed by atoms with Gasteiger partial charge in [-0.2, -0.15) is 0 Å². The first-order chi connectivity index (χ1) is 9.47. The number of nitrogens with zero attached hydrogens (tertiary/aromatic N) is 3. The van der Waals surface area contributed by atoms with Crippen molar-refractivity contribution in [1.29, 1.82) is 0 Å². The van der Waals surface area contributed by atoms with E-state index in [9.17, 15) is 9.59 Å². The van der Waals surface area contributed by atoms with Crippen LogP contribution in [0, 0.1) is 19.8 Å². The van der Waals surface area contributed by atoms with Crippen LogP contribution in [0.25, 0.3) is 11.1 Å². The van der Waals surface area contributed by atoms with Crippen LogP contribution >= 0.6 is 0 Å². The quantitative estimate of drug-likeness (QED) is 0.878. The summed E-state index contributed by atoms with van der Waals surface area (Å²) in [6.45, 7) is 3.99. The summed E-state index contributed by atoms with van der Waals surface area (Å²) in [6, 6.07) is 1.68. The van der Waals surface area contributed by atoms with Gasteiger partial charge in [-0.1, -0.05) is 5.16 Å². The van der Waals surface area contributed by atoms with E-state index in [1.807, 2.05) is 0 Å². The molecule has 0 saturated carbocycles. The van der Waals surface area contributed by atoms with Gasteiger partial charge in [0.15, 0.2) is 0 Å². The minimum absolute atomic E-state index is 0.204. The third-order valence-corrected chi connectivity index (χ3v) is 3.49. The van der Waals surface area contributed by atoms with Crippen LogP contribution in [0.4, 0.5) is 0 Å². The number of fused-ring (bicyclic) bond motifs is 1. The van der Waals surface area contributed by atoms with Crippen molar-refractivity contribution in [2.24, 2.45) is 5.92 Å². The number of pyridine rings is 1. The van der Waals surface area contributed by atoms with E-state index in [2.05, 4.69) is 10.1 Å². The van der Waals surface area contributed by atoms with Gasteiger partial charge in [-0.15, -0.1) is 0 Å². The van der Waals surface area contributed by atoms with E-state index in [-0.39, 0.29) is 19.0 Å². The van der Waals surface area contributed by atoms with E-state index in [1.165, 1.54) is 4.90 Å². The second-order valence-electron chi connectivity index (χ2n) is 5.00. The van der Waals surface area contributed by atoms with E-state index in [0.717, 1.165) is 0 Å².